The van der Waals surface area contributed by atoms with Gasteiger partial charge >= 0.3 is 0 Å². The number of nitrogens with zero attached hydrogens (tertiary/aromatic N) is 4. The Bertz CT molecular complexity index is 995. The maximum atomic E-state index is 13.7. The molecule has 1 spiro atoms. The Balaban J connectivity index is 1.56. The molecule has 2 saturated heterocycles. The fourth-order valence-electron chi connectivity index (χ4n) is 3.74. The summed E-state index contributed by atoms with van der Waals surface area (Å²) in [4.78, 5) is 20.3. The highest BCUT2D eigenvalue weighted by Gasteiger charge is 2.50. The van der Waals surface area contributed by atoms with Gasteiger partial charge in [-0.15, -0.1) is 16.4 Å². The van der Waals surface area contributed by atoms with E-state index in [1.807, 2.05) is 22.4 Å². The Kier molecular flexibility index (Phi) is 3.84. The molecule has 0 bridgehead atoms. The number of aromatic nitrogens is 3. The van der Waals surface area contributed by atoms with Crippen molar-refractivity contribution in [2.75, 3.05) is 19.8 Å². The van der Waals surface area contributed by atoms with Gasteiger partial charge in [-0.25, -0.2) is 14.1 Å². The van der Waals surface area contributed by atoms with Crippen molar-refractivity contribution < 1.29 is 13.9 Å². The van der Waals surface area contributed by atoms with E-state index in [9.17, 15) is 9.18 Å². The molecule has 0 radical (unpaired) electrons. The highest BCUT2D eigenvalue weighted by atomic mass is 32.1. The van der Waals surface area contributed by atoms with Gasteiger partial charge in [0.2, 0.25) is 5.82 Å². The van der Waals surface area contributed by atoms with Gasteiger partial charge in [-0.2, -0.15) is 0 Å². The van der Waals surface area contributed by atoms with Crippen LogP contribution >= 0.6 is 11.3 Å². The van der Waals surface area contributed by atoms with E-state index >= 15 is 0 Å². The summed E-state index contributed by atoms with van der Waals surface area (Å²) in [5.74, 6) is 0.113. The summed E-state index contributed by atoms with van der Waals surface area (Å²) in [6, 6.07) is 9.95. The number of hydrogen-bond donors (Lipinski definition) is 0. The number of carbonyl (C=O) groups excluding carboxylic acids is 1. The van der Waals surface area contributed by atoms with Crippen LogP contribution in [0.1, 0.15) is 23.5 Å². The first-order valence-electron chi connectivity index (χ1n) is 8.83. The minimum Gasteiger partial charge on any atom is -0.379 e. The summed E-state index contributed by atoms with van der Waals surface area (Å²) in [6.07, 6.45) is 1.79. The topological polar surface area (TPSA) is 60.2 Å². The van der Waals surface area contributed by atoms with Crippen LogP contribution in [0.5, 0.6) is 0 Å². The van der Waals surface area contributed by atoms with E-state index in [-0.39, 0.29) is 23.1 Å². The molecule has 2 fully saturated rings. The lowest BCUT2D eigenvalue weighted by Gasteiger charge is -2.49. The lowest BCUT2D eigenvalue weighted by Crippen LogP contribution is -2.62. The normalized spacial score (nSPS) is 21.6. The summed E-state index contributed by atoms with van der Waals surface area (Å²) in [7, 11) is 0. The van der Waals surface area contributed by atoms with Crippen LogP contribution < -0.4 is 0 Å². The average Bonchev–Trinajstić information content (AvgIpc) is 3.40. The van der Waals surface area contributed by atoms with E-state index < -0.39 is 0 Å². The number of ether oxygens (including phenoxy) is 1. The second-order valence-corrected chi connectivity index (χ2v) is 7.81. The number of amides is 1. The number of likely N-dealkylation sites (tertiary alicyclic amines) is 1. The Morgan fingerprint density at radius 3 is 2.85 bits per heavy atom. The quantitative estimate of drug-likeness (QED) is 0.696. The van der Waals surface area contributed by atoms with Gasteiger partial charge in [0.25, 0.3) is 5.91 Å². The van der Waals surface area contributed by atoms with Gasteiger partial charge in [0.1, 0.15) is 5.82 Å². The molecule has 1 unspecified atom stereocenters. The Labute approximate surface area is 159 Å². The van der Waals surface area contributed by atoms with Crippen LogP contribution in [-0.2, 0) is 4.74 Å². The van der Waals surface area contributed by atoms with Gasteiger partial charge in [-0.05, 0) is 42.5 Å². The fourth-order valence-corrected chi connectivity index (χ4v) is 4.44. The summed E-state index contributed by atoms with van der Waals surface area (Å²) in [5.41, 5.74) is 0.331. The van der Waals surface area contributed by atoms with Gasteiger partial charge in [0.15, 0.2) is 5.82 Å². The maximum absolute atomic E-state index is 13.7. The summed E-state index contributed by atoms with van der Waals surface area (Å²) >= 11 is 1.50. The van der Waals surface area contributed by atoms with Crippen molar-refractivity contribution in [2.24, 2.45) is 0 Å². The van der Waals surface area contributed by atoms with Gasteiger partial charge in [-0.1, -0.05) is 12.1 Å². The minimum atomic E-state index is -0.363. The molecule has 5 rings (SSSR count). The van der Waals surface area contributed by atoms with Crippen molar-refractivity contribution in [3.8, 4) is 16.4 Å². The second kappa shape index (κ2) is 6.24. The van der Waals surface area contributed by atoms with E-state index in [0.29, 0.717) is 31.3 Å². The predicted octanol–water partition coefficient (Wildman–Crippen LogP) is 3.14. The summed E-state index contributed by atoms with van der Waals surface area (Å²) in [5, 5.41) is 6.38. The van der Waals surface area contributed by atoms with Gasteiger partial charge < -0.3 is 9.64 Å². The number of hydrogen-bond acceptors (Lipinski definition) is 5. The molecule has 1 aromatic carbocycles. The molecule has 0 N–H and O–H groups in total. The highest BCUT2D eigenvalue weighted by Crippen LogP contribution is 2.39. The van der Waals surface area contributed by atoms with Crippen molar-refractivity contribution in [3.63, 3.8) is 0 Å². The Morgan fingerprint density at radius 2 is 2.19 bits per heavy atom. The van der Waals surface area contributed by atoms with Crippen LogP contribution in [-0.4, -0.2) is 50.9 Å². The Hall–Kier alpha value is -2.58. The van der Waals surface area contributed by atoms with Crippen LogP contribution in [0, 0.1) is 5.82 Å². The van der Waals surface area contributed by atoms with Crippen molar-refractivity contribution in [2.45, 2.75) is 18.4 Å². The van der Waals surface area contributed by atoms with E-state index in [1.165, 1.54) is 23.5 Å². The lowest BCUT2D eigenvalue weighted by molar-refractivity contribution is -0.00886. The smallest absolute Gasteiger partial charge is 0.294 e. The van der Waals surface area contributed by atoms with Crippen molar-refractivity contribution in [1.82, 2.24) is 19.7 Å². The van der Waals surface area contributed by atoms with E-state index in [2.05, 4.69) is 10.1 Å². The Morgan fingerprint density at radius 1 is 1.26 bits per heavy atom. The van der Waals surface area contributed by atoms with Crippen LogP contribution in [0.25, 0.3) is 16.4 Å². The molecule has 138 valence electrons. The summed E-state index contributed by atoms with van der Waals surface area (Å²) < 4.78 is 20.8. The zero-order chi connectivity index (χ0) is 18.4. The van der Waals surface area contributed by atoms with Gasteiger partial charge in [-0.3, -0.25) is 4.79 Å². The first-order valence-corrected chi connectivity index (χ1v) is 9.71. The average molecular weight is 384 g/mol. The highest BCUT2D eigenvalue weighted by molar-refractivity contribution is 7.13. The number of benzene rings is 1. The van der Waals surface area contributed by atoms with Crippen molar-refractivity contribution in [3.05, 3.63) is 53.4 Å². The lowest BCUT2D eigenvalue weighted by atomic mass is 9.84. The molecule has 0 saturated carbocycles. The minimum absolute atomic E-state index is 0.133. The van der Waals surface area contributed by atoms with Gasteiger partial charge in [0.05, 0.1) is 22.7 Å². The van der Waals surface area contributed by atoms with Gasteiger partial charge in [0, 0.05) is 13.2 Å². The zero-order valence-corrected chi connectivity index (χ0v) is 15.3. The largest absolute Gasteiger partial charge is 0.379 e. The fraction of sp³-hybridized carbons (Fsp3) is 0.316. The second-order valence-electron chi connectivity index (χ2n) is 6.86. The third kappa shape index (κ3) is 2.67. The zero-order valence-electron chi connectivity index (χ0n) is 14.5. The molecule has 8 heteroatoms. The van der Waals surface area contributed by atoms with Crippen LogP contribution in [0.4, 0.5) is 4.39 Å². The standard InChI is InChI=1S/C19H17FN4O2S/c20-13-3-1-4-14(11-13)24-17(15-5-2-10-27-15)21-16(22-24)18(25)23-8-6-19(23)7-9-26-12-19/h1-5,10-11H,6-9,12H2. The predicted molar refractivity (Wildman–Crippen MR) is 98.5 cm³/mol. The molecular weight excluding hydrogens is 367 g/mol. The molecular formula is C19H17FN4O2S. The van der Waals surface area contributed by atoms with Crippen LogP contribution in [0.15, 0.2) is 41.8 Å². The first kappa shape index (κ1) is 16.6. The molecule has 1 amide bonds. The number of halogens is 1. The molecule has 3 aromatic rings. The van der Waals surface area contributed by atoms with Crippen LogP contribution in [0.2, 0.25) is 0 Å². The van der Waals surface area contributed by atoms with Crippen LogP contribution in [0.3, 0.4) is 0 Å². The molecule has 4 heterocycles. The molecule has 0 aliphatic carbocycles. The molecule has 2 aliphatic rings. The van der Waals surface area contributed by atoms with Crippen molar-refractivity contribution in [1.29, 1.82) is 0 Å². The maximum Gasteiger partial charge on any atom is 0.294 e. The molecule has 2 aromatic heterocycles. The summed E-state index contributed by atoms with van der Waals surface area (Å²) in [6.45, 7) is 1.93. The molecule has 6 nitrogen and oxygen atoms in total. The van der Waals surface area contributed by atoms with E-state index in [1.54, 1.807) is 16.8 Å². The van der Waals surface area contributed by atoms with E-state index in [4.69, 9.17) is 4.74 Å². The number of carbonyl (C=O) groups is 1. The number of rotatable bonds is 3. The molecule has 27 heavy (non-hydrogen) atoms. The monoisotopic (exact) mass is 384 g/mol. The molecule has 2 aliphatic heterocycles. The van der Waals surface area contributed by atoms with Crippen molar-refractivity contribution >= 4 is 17.2 Å². The third-order valence-corrected chi connectivity index (χ3v) is 6.16. The number of thiophene rings is 1. The van der Waals surface area contributed by atoms with E-state index in [0.717, 1.165) is 17.7 Å². The third-order valence-electron chi connectivity index (χ3n) is 5.29. The first-order chi connectivity index (χ1) is 13.2. The SMILES string of the molecule is O=C(c1nc(-c2cccs2)n(-c2cccc(F)c2)n1)N1CCC12CCOC2. The molecule has 1 atom stereocenters.